The molecule has 0 aliphatic rings. The molecular weight excluding hydrogens is 293 g/mol. The lowest BCUT2D eigenvalue weighted by Crippen LogP contribution is -1.93. The predicted molar refractivity (Wildman–Crippen MR) is 62.1 cm³/mol. The molecule has 72 valence electrons. The molecule has 0 aliphatic heterocycles. The summed E-state index contributed by atoms with van der Waals surface area (Å²) in [5, 5.41) is 3.45. The van der Waals surface area contributed by atoms with Gasteiger partial charge in [-0.05, 0) is 58.3 Å². The van der Waals surface area contributed by atoms with E-state index in [-0.39, 0.29) is 6.54 Å². The number of carbonyl (C=O) groups excluding carboxylic acids is 1. The maximum absolute atomic E-state index is 10.7. The van der Waals surface area contributed by atoms with Crippen molar-refractivity contribution in [3.05, 3.63) is 42.8 Å². The van der Waals surface area contributed by atoms with Crippen LogP contribution >= 0.6 is 22.6 Å². The first-order valence-corrected chi connectivity index (χ1v) is 5.02. The first-order chi connectivity index (χ1) is 6.69. The molecule has 1 aromatic rings. The number of azide groups is 1. The molecule has 0 amide bonds. The zero-order chi connectivity index (χ0) is 10.6. The normalized spacial score (nSPS) is 9.29. The van der Waals surface area contributed by atoms with E-state index >= 15 is 0 Å². The smallest absolute Gasteiger partial charge is 0.150 e. The third-order valence-electron chi connectivity index (χ3n) is 1.89. The van der Waals surface area contributed by atoms with Gasteiger partial charge in [-0.25, -0.2) is 0 Å². The number of aldehydes is 1. The quantitative estimate of drug-likeness (QED) is 0.278. The van der Waals surface area contributed by atoms with Crippen LogP contribution in [0.2, 0.25) is 0 Å². The van der Waals surface area contributed by atoms with Gasteiger partial charge in [-0.3, -0.25) is 4.79 Å². The molecule has 0 aromatic heterocycles. The van der Waals surface area contributed by atoms with Crippen molar-refractivity contribution in [1.82, 2.24) is 0 Å². The number of benzene rings is 1. The second-order valence-electron chi connectivity index (χ2n) is 2.80. The van der Waals surface area contributed by atoms with E-state index in [1.54, 1.807) is 6.07 Å². The van der Waals surface area contributed by atoms with Crippen LogP contribution in [0.3, 0.4) is 0 Å². The van der Waals surface area contributed by atoms with Crippen molar-refractivity contribution in [2.75, 3.05) is 0 Å². The van der Waals surface area contributed by atoms with Gasteiger partial charge in [-0.15, -0.1) is 0 Å². The van der Waals surface area contributed by atoms with Gasteiger partial charge in [0, 0.05) is 14.0 Å². The highest BCUT2D eigenvalue weighted by atomic mass is 127. The fraction of sp³-hybridized carbons (Fsp3) is 0.222. The number of carbonyl (C=O) groups is 1. The molecular formula is C9H8IN3O. The Hall–Kier alpha value is -1.07. The Morgan fingerprint density at radius 1 is 1.64 bits per heavy atom. The van der Waals surface area contributed by atoms with Crippen LogP contribution < -0.4 is 0 Å². The summed E-state index contributed by atoms with van der Waals surface area (Å²) in [6.07, 6.45) is 0.817. The van der Waals surface area contributed by atoms with Gasteiger partial charge in [0.2, 0.25) is 0 Å². The minimum atomic E-state index is 0.285. The van der Waals surface area contributed by atoms with E-state index in [0.717, 1.165) is 21.0 Å². The van der Waals surface area contributed by atoms with Crippen molar-refractivity contribution in [3.63, 3.8) is 0 Å². The van der Waals surface area contributed by atoms with Crippen LogP contribution in [0.4, 0.5) is 0 Å². The molecule has 0 heterocycles. The lowest BCUT2D eigenvalue weighted by molar-refractivity contribution is 0.112. The maximum atomic E-state index is 10.7. The van der Waals surface area contributed by atoms with Crippen LogP contribution in [-0.2, 0) is 6.54 Å². The molecule has 0 N–H and O–H groups in total. The molecule has 0 aliphatic carbocycles. The Kier molecular flexibility index (Phi) is 3.91. The minimum absolute atomic E-state index is 0.285. The molecule has 4 nitrogen and oxygen atoms in total. The molecule has 14 heavy (non-hydrogen) atoms. The highest BCUT2D eigenvalue weighted by Crippen LogP contribution is 2.18. The predicted octanol–water partition coefficient (Wildman–Crippen LogP) is 3.22. The first-order valence-electron chi connectivity index (χ1n) is 3.94. The first kappa shape index (κ1) is 11.0. The summed E-state index contributed by atoms with van der Waals surface area (Å²) in [5.41, 5.74) is 10.6. The summed E-state index contributed by atoms with van der Waals surface area (Å²) in [5.74, 6) is 0. The van der Waals surface area contributed by atoms with Gasteiger partial charge in [-0.2, -0.15) is 0 Å². The average Bonchev–Trinajstić information content (AvgIpc) is 2.19. The molecule has 0 saturated heterocycles. The fourth-order valence-electron chi connectivity index (χ4n) is 1.09. The minimum Gasteiger partial charge on any atom is -0.298 e. The Morgan fingerprint density at radius 3 is 2.93 bits per heavy atom. The van der Waals surface area contributed by atoms with Crippen molar-refractivity contribution in [2.45, 2.75) is 13.5 Å². The van der Waals surface area contributed by atoms with Crippen molar-refractivity contribution in [2.24, 2.45) is 5.11 Å². The number of rotatable bonds is 3. The lowest BCUT2D eigenvalue weighted by Gasteiger charge is -2.04. The molecule has 0 spiro atoms. The number of nitrogens with zero attached hydrogens (tertiary/aromatic N) is 3. The highest BCUT2D eigenvalue weighted by molar-refractivity contribution is 14.1. The van der Waals surface area contributed by atoms with Crippen molar-refractivity contribution in [3.8, 4) is 0 Å². The van der Waals surface area contributed by atoms with Crippen molar-refractivity contribution >= 4 is 28.9 Å². The third-order valence-corrected chi connectivity index (χ3v) is 3.01. The number of hydrogen-bond donors (Lipinski definition) is 0. The van der Waals surface area contributed by atoms with E-state index in [1.165, 1.54) is 0 Å². The van der Waals surface area contributed by atoms with E-state index < -0.39 is 0 Å². The Bertz CT molecular complexity index is 411. The molecule has 0 bridgehead atoms. The van der Waals surface area contributed by atoms with Crippen LogP contribution in [0.1, 0.15) is 21.5 Å². The van der Waals surface area contributed by atoms with Crippen molar-refractivity contribution in [1.29, 1.82) is 0 Å². The van der Waals surface area contributed by atoms with Gasteiger partial charge in [0.15, 0.2) is 0 Å². The van der Waals surface area contributed by atoms with Crippen LogP contribution in [0, 0.1) is 10.5 Å². The lowest BCUT2D eigenvalue weighted by atomic mass is 10.1. The van der Waals surface area contributed by atoms with Crippen molar-refractivity contribution < 1.29 is 4.79 Å². The third kappa shape index (κ3) is 2.46. The molecule has 1 aromatic carbocycles. The molecule has 0 radical (unpaired) electrons. The SMILES string of the molecule is Cc1c(I)cc(CN=[N+]=[N-])cc1C=O. The molecule has 0 atom stereocenters. The number of halogens is 1. The number of hydrogen-bond acceptors (Lipinski definition) is 2. The Labute approximate surface area is 95.1 Å². The van der Waals surface area contributed by atoms with Gasteiger partial charge >= 0.3 is 0 Å². The van der Waals surface area contributed by atoms with Crippen LogP contribution in [0.25, 0.3) is 10.4 Å². The van der Waals surface area contributed by atoms with Gasteiger partial charge < -0.3 is 0 Å². The second-order valence-corrected chi connectivity index (χ2v) is 3.96. The fourth-order valence-corrected chi connectivity index (χ4v) is 1.80. The van der Waals surface area contributed by atoms with Gasteiger partial charge in [0.25, 0.3) is 0 Å². The van der Waals surface area contributed by atoms with Gasteiger partial charge in [0.05, 0.1) is 6.54 Å². The zero-order valence-electron chi connectivity index (χ0n) is 7.57. The van der Waals surface area contributed by atoms with Crippen LogP contribution in [0.15, 0.2) is 17.2 Å². The molecule has 0 unspecified atom stereocenters. The van der Waals surface area contributed by atoms with E-state index in [2.05, 4.69) is 32.6 Å². The summed E-state index contributed by atoms with van der Waals surface area (Å²) >= 11 is 2.16. The molecule has 1 rings (SSSR count). The highest BCUT2D eigenvalue weighted by Gasteiger charge is 2.03. The van der Waals surface area contributed by atoms with Gasteiger partial charge in [-0.1, -0.05) is 5.11 Å². The molecule has 5 heteroatoms. The summed E-state index contributed by atoms with van der Waals surface area (Å²) in [7, 11) is 0. The summed E-state index contributed by atoms with van der Waals surface area (Å²) in [6.45, 7) is 2.18. The second kappa shape index (κ2) is 4.97. The zero-order valence-corrected chi connectivity index (χ0v) is 9.72. The van der Waals surface area contributed by atoms with Crippen LogP contribution in [0.5, 0.6) is 0 Å². The molecule has 0 saturated carbocycles. The summed E-state index contributed by atoms with van der Waals surface area (Å²) in [4.78, 5) is 13.4. The topological polar surface area (TPSA) is 65.8 Å². The Balaban J connectivity index is 3.15. The van der Waals surface area contributed by atoms with E-state index in [9.17, 15) is 4.79 Å². The molecule has 0 fully saturated rings. The van der Waals surface area contributed by atoms with E-state index in [1.807, 2.05) is 13.0 Å². The van der Waals surface area contributed by atoms with Gasteiger partial charge in [0.1, 0.15) is 6.29 Å². The van der Waals surface area contributed by atoms with E-state index in [0.29, 0.717) is 5.56 Å². The summed E-state index contributed by atoms with van der Waals surface area (Å²) in [6, 6.07) is 3.66. The van der Waals surface area contributed by atoms with Crippen LogP contribution in [-0.4, -0.2) is 6.29 Å². The monoisotopic (exact) mass is 301 g/mol. The maximum Gasteiger partial charge on any atom is 0.150 e. The average molecular weight is 301 g/mol. The largest absolute Gasteiger partial charge is 0.298 e. The Morgan fingerprint density at radius 2 is 2.36 bits per heavy atom. The van der Waals surface area contributed by atoms with E-state index in [4.69, 9.17) is 5.53 Å². The summed E-state index contributed by atoms with van der Waals surface area (Å²) < 4.78 is 1.01. The standard InChI is InChI=1S/C9H8IN3O/c1-6-8(5-14)2-7(3-9(6)10)4-12-13-11/h2-3,5H,4H2,1H3.